The Morgan fingerprint density at radius 1 is 1.29 bits per heavy atom. The number of carbonyl (C=O) groups is 1. The molecule has 0 spiro atoms. The topological polar surface area (TPSA) is 96.3 Å². The van der Waals surface area contributed by atoms with Crippen LogP contribution in [0.5, 0.6) is 0 Å². The Kier molecular flexibility index (Phi) is 5.12. The standard InChI is InChI=1S/C14H22N4O3/c1-9(13(19)17-14(2,3)4)16-11-8-6-7-10(15-5)12(11)18(20)21/h6-9,15-16H,1-5H3,(H,17,19). The predicted molar refractivity (Wildman–Crippen MR) is 83.6 cm³/mol. The molecule has 0 heterocycles. The van der Waals surface area contributed by atoms with Gasteiger partial charge in [0.25, 0.3) is 0 Å². The number of benzene rings is 1. The van der Waals surface area contributed by atoms with Gasteiger partial charge in [0.05, 0.1) is 4.92 Å². The number of nitrogens with one attached hydrogen (secondary N) is 3. The lowest BCUT2D eigenvalue weighted by Crippen LogP contribution is -2.47. The maximum absolute atomic E-state index is 12.0. The van der Waals surface area contributed by atoms with Crippen molar-refractivity contribution in [3.05, 3.63) is 28.3 Å². The molecule has 0 aliphatic heterocycles. The zero-order valence-corrected chi connectivity index (χ0v) is 13.0. The fourth-order valence-electron chi connectivity index (χ4n) is 1.84. The monoisotopic (exact) mass is 294 g/mol. The number of nitro benzene ring substituents is 1. The highest BCUT2D eigenvalue weighted by atomic mass is 16.6. The minimum Gasteiger partial charge on any atom is -0.382 e. The molecule has 0 fully saturated rings. The van der Waals surface area contributed by atoms with Crippen LogP contribution in [0.15, 0.2) is 18.2 Å². The van der Waals surface area contributed by atoms with Crippen molar-refractivity contribution in [1.29, 1.82) is 0 Å². The van der Waals surface area contributed by atoms with Gasteiger partial charge in [0.15, 0.2) is 0 Å². The SMILES string of the molecule is CNc1cccc(NC(C)C(=O)NC(C)(C)C)c1[N+](=O)[O-]. The second-order valence-corrected chi connectivity index (χ2v) is 5.81. The Bertz CT molecular complexity index is 538. The highest BCUT2D eigenvalue weighted by Crippen LogP contribution is 2.32. The van der Waals surface area contributed by atoms with Crippen molar-refractivity contribution in [2.45, 2.75) is 39.3 Å². The number of para-hydroxylation sites is 1. The van der Waals surface area contributed by atoms with Crippen LogP contribution in [-0.4, -0.2) is 29.5 Å². The zero-order chi connectivity index (χ0) is 16.2. The predicted octanol–water partition coefficient (Wildman–Crippen LogP) is 2.35. The summed E-state index contributed by atoms with van der Waals surface area (Å²) in [6.07, 6.45) is 0. The van der Waals surface area contributed by atoms with Crippen LogP contribution in [0.2, 0.25) is 0 Å². The number of hydrogen-bond acceptors (Lipinski definition) is 5. The third-order valence-electron chi connectivity index (χ3n) is 2.75. The van der Waals surface area contributed by atoms with Gasteiger partial charge in [-0.2, -0.15) is 0 Å². The minimum atomic E-state index is -0.588. The highest BCUT2D eigenvalue weighted by Gasteiger charge is 2.24. The summed E-state index contributed by atoms with van der Waals surface area (Å²) < 4.78 is 0. The summed E-state index contributed by atoms with van der Waals surface area (Å²) in [6, 6.07) is 4.30. The van der Waals surface area contributed by atoms with Crippen molar-refractivity contribution in [1.82, 2.24) is 5.32 Å². The molecular weight excluding hydrogens is 272 g/mol. The highest BCUT2D eigenvalue weighted by molar-refractivity contribution is 5.87. The van der Waals surface area contributed by atoms with E-state index in [0.29, 0.717) is 11.4 Å². The van der Waals surface area contributed by atoms with E-state index < -0.39 is 11.0 Å². The number of rotatable bonds is 5. The van der Waals surface area contributed by atoms with Crippen molar-refractivity contribution in [3.63, 3.8) is 0 Å². The number of amides is 1. The van der Waals surface area contributed by atoms with Crippen LogP contribution in [0, 0.1) is 10.1 Å². The summed E-state index contributed by atoms with van der Waals surface area (Å²) in [5, 5.41) is 19.7. The van der Waals surface area contributed by atoms with Gasteiger partial charge >= 0.3 is 5.69 Å². The van der Waals surface area contributed by atoms with E-state index in [1.54, 1.807) is 32.2 Å². The number of anilines is 2. The van der Waals surface area contributed by atoms with Gasteiger partial charge < -0.3 is 16.0 Å². The summed E-state index contributed by atoms with van der Waals surface area (Å²) in [6.45, 7) is 7.29. The van der Waals surface area contributed by atoms with E-state index in [0.717, 1.165) is 0 Å². The zero-order valence-electron chi connectivity index (χ0n) is 13.0. The molecule has 0 saturated heterocycles. The molecule has 0 saturated carbocycles. The maximum Gasteiger partial charge on any atom is 0.315 e. The Morgan fingerprint density at radius 3 is 2.33 bits per heavy atom. The van der Waals surface area contributed by atoms with Crippen molar-refractivity contribution >= 4 is 23.0 Å². The first-order valence-electron chi connectivity index (χ1n) is 6.69. The minimum absolute atomic E-state index is 0.0737. The molecule has 21 heavy (non-hydrogen) atoms. The first-order valence-corrected chi connectivity index (χ1v) is 6.69. The average Bonchev–Trinajstić information content (AvgIpc) is 2.35. The molecular formula is C14H22N4O3. The van der Waals surface area contributed by atoms with Crippen LogP contribution in [0.4, 0.5) is 17.1 Å². The van der Waals surface area contributed by atoms with E-state index in [1.165, 1.54) is 0 Å². The fourth-order valence-corrected chi connectivity index (χ4v) is 1.84. The molecule has 0 radical (unpaired) electrons. The van der Waals surface area contributed by atoms with Crippen LogP contribution >= 0.6 is 0 Å². The Hall–Kier alpha value is -2.31. The molecule has 1 aromatic carbocycles. The molecule has 0 aliphatic carbocycles. The quantitative estimate of drug-likeness (QED) is 0.572. The van der Waals surface area contributed by atoms with Gasteiger partial charge in [0.1, 0.15) is 17.4 Å². The lowest BCUT2D eigenvalue weighted by molar-refractivity contribution is -0.383. The van der Waals surface area contributed by atoms with Gasteiger partial charge in [0, 0.05) is 12.6 Å². The van der Waals surface area contributed by atoms with E-state index in [9.17, 15) is 14.9 Å². The normalized spacial score (nSPS) is 12.4. The van der Waals surface area contributed by atoms with Gasteiger partial charge in [-0.05, 0) is 39.8 Å². The molecule has 1 atom stereocenters. The Balaban J connectivity index is 2.97. The van der Waals surface area contributed by atoms with Gasteiger partial charge in [-0.3, -0.25) is 14.9 Å². The Morgan fingerprint density at radius 2 is 1.86 bits per heavy atom. The van der Waals surface area contributed by atoms with Crippen molar-refractivity contribution < 1.29 is 9.72 Å². The number of nitrogens with zero attached hydrogens (tertiary/aromatic N) is 1. The molecule has 116 valence electrons. The molecule has 0 aliphatic rings. The van der Waals surface area contributed by atoms with Crippen LogP contribution in [0.25, 0.3) is 0 Å². The van der Waals surface area contributed by atoms with Crippen LogP contribution < -0.4 is 16.0 Å². The van der Waals surface area contributed by atoms with E-state index >= 15 is 0 Å². The molecule has 1 aromatic rings. The average molecular weight is 294 g/mol. The summed E-state index contributed by atoms with van der Waals surface area (Å²) in [4.78, 5) is 22.8. The lowest BCUT2D eigenvalue weighted by Gasteiger charge is -2.24. The lowest BCUT2D eigenvalue weighted by atomic mass is 10.1. The number of nitro groups is 1. The summed E-state index contributed by atoms with van der Waals surface area (Å²) >= 11 is 0. The van der Waals surface area contributed by atoms with Gasteiger partial charge in [-0.1, -0.05) is 6.07 Å². The second kappa shape index (κ2) is 6.43. The molecule has 0 bridgehead atoms. The smallest absolute Gasteiger partial charge is 0.315 e. The molecule has 7 nitrogen and oxygen atoms in total. The number of carbonyl (C=O) groups excluding carboxylic acids is 1. The van der Waals surface area contributed by atoms with Crippen LogP contribution in [0.3, 0.4) is 0 Å². The molecule has 1 rings (SSSR count). The molecule has 3 N–H and O–H groups in total. The van der Waals surface area contributed by atoms with Gasteiger partial charge in [-0.25, -0.2) is 0 Å². The van der Waals surface area contributed by atoms with Gasteiger partial charge in [0.2, 0.25) is 5.91 Å². The van der Waals surface area contributed by atoms with E-state index in [-0.39, 0.29) is 17.1 Å². The van der Waals surface area contributed by atoms with Crippen LogP contribution in [-0.2, 0) is 4.79 Å². The van der Waals surface area contributed by atoms with Crippen molar-refractivity contribution in [2.75, 3.05) is 17.7 Å². The van der Waals surface area contributed by atoms with Gasteiger partial charge in [-0.15, -0.1) is 0 Å². The molecule has 7 heteroatoms. The maximum atomic E-state index is 12.0. The first kappa shape index (κ1) is 16.7. The van der Waals surface area contributed by atoms with Crippen molar-refractivity contribution in [2.24, 2.45) is 0 Å². The fraction of sp³-hybridized carbons (Fsp3) is 0.500. The van der Waals surface area contributed by atoms with Crippen molar-refractivity contribution in [3.8, 4) is 0 Å². The first-order chi connectivity index (χ1) is 9.65. The van der Waals surface area contributed by atoms with E-state index in [2.05, 4.69) is 16.0 Å². The van der Waals surface area contributed by atoms with E-state index in [1.807, 2.05) is 20.8 Å². The summed E-state index contributed by atoms with van der Waals surface area (Å²) in [7, 11) is 1.61. The third-order valence-corrected chi connectivity index (χ3v) is 2.75. The van der Waals surface area contributed by atoms with E-state index in [4.69, 9.17) is 0 Å². The second-order valence-electron chi connectivity index (χ2n) is 5.81. The summed E-state index contributed by atoms with van der Waals surface area (Å²) in [5.41, 5.74) is 0.276. The van der Waals surface area contributed by atoms with Crippen LogP contribution in [0.1, 0.15) is 27.7 Å². The molecule has 1 amide bonds. The Labute approximate surface area is 124 Å². The summed E-state index contributed by atoms with van der Waals surface area (Å²) in [5.74, 6) is -0.216. The third kappa shape index (κ3) is 4.62. The largest absolute Gasteiger partial charge is 0.382 e. The number of hydrogen-bond donors (Lipinski definition) is 3. The molecule has 1 unspecified atom stereocenters. The molecule has 0 aromatic heterocycles.